The van der Waals surface area contributed by atoms with Crippen molar-refractivity contribution in [1.82, 2.24) is 20.3 Å². The van der Waals surface area contributed by atoms with Crippen LogP contribution in [0.3, 0.4) is 0 Å². The molecule has 212 valence electrons. The Hall–Kier alpha value is -4.09. The lowest BCUT2D eigenvalue weighted by atomic mass is 9.92. The number of nitrogens with two attached hydrogens (primary N) is 1. The van der Waals surface area contributed by atoms with E-state index in [2.05, 4.69) is 38.1 Å². The monoisotopic (exact) mass is 571 g/mol. The maximum Gasteiger partial charge on any atom is 0.264 e. The summed E-state index contributed by atoms with van der Waals surface area (Å²) >= 11 is 1.17. The Bertz CT molecular complexity index is 1580. The minimum absolute atomic E-state index is 0.144. The normalized spacial score (nSPS) is 14.4. The van der Waals surface area contributed by atoms with E-state index in [1.807, 2.05) is 12.1 Å². The van der Waals surface area contributed by atoms with Crippen molar-refractivity contribution < 1.29 is 14.3 Å². The van der Waals surface area contributed by atoms with Crippen molar-refractivity contribution in [3.05, 3.63) is 58.7 Å². The molecule has 3 aromatic heterocycles. The third kappa shape index (κ3) is 6.47. The van der Waals surface area contributed by atoms with Crippen molar-refractivity contribution in [2.24, 2.45) is 11.7 Å². The minimum atomic E-state index is -0.570. The number of para-hydroxylation sites is 1. The van der Waals surface area contributed by atoms with E-state index in [9.17, 15) is 9.59 Å². The maximum absolute atomic E-state index is 12.6. The molecular formula is C30H33N7O3S. The number of hydrogen-bond acceptors (Lipinski definition) is 9. The number of carbonyl (C=O) groups is 2. The number of carbonyl (C=O) groups excluding carboxylic acids is 2. The summed E-state index contributed by atoms with van der Waals surface area (Å²) in [6.45, 7) is 1.97. The first-order chi connectivity index (χ1) is 20.0. The summed E-state index contributed by atoms with van der Waals surface area (Å²) in [5.74, 6) is 0.420. The van der Waals surface area contributed by atoms with Crippen LogP contribution >= 0.6 is 11.3 Å². The van der Waals surface area contributed by atoms with Crippen molar-refractivity contribution in [3.63, 3.8) is 0 Å². The Morgan fingerprint density at radius 3 is 2.78 bits per heavy atom. The van der Waals surface area contributed by atoms with Gasteiger partial charge in [-0.05, 0) is 68.2 Å². The second-order valence-electron chi connectivity index (χ2n) is 10.5. The number of pyridine rings is 2. The molecule has 41 heavy (non-hydrogen) atoms. The van der Waals surface area contributed by atoms with E-state index in [0.717, 1.165) is 36.6 Å². The molecule has 1 fully saturated rings. The number of anilines is 2. The number of ether oxygens (including phenoxy) is 1. The average molecular weight is 572 g/mol. The number of fused-ring (bicyclic) bond motifs is 2. The van der Waals surface area contributed by atoms with Gasteiger partial charge in [-0.1, -0.05) is 18.2 Å². The van der Waals surface area contributed by atoms with E-state index in [0.29, 0.717) is 46.9 Å². The molecule has 0 spiro atoms. The van der Waals surface area contributed by atoms with Crippen LogP contribution in [0.5, 0.6) is 5.88 Å². The van der Waals surface area contributed by atoms with Crippen LogP contribution < -0.4 is 26.4 Å². The second kappa shape index (κ2) is 12.2. The first-order valence-corrected chi connectivity index (χ1v) is 14.9. The molecule has 5 N–H and O–H groups in total. The highest BCUT2D eigenvalue weighted by Crippen LogP contribution is 2.36. The molecule has 0 aliphatic heterocycles. The van der Waals surface area contributed by atoms with Crippen molar-refractivity contribution in [1.29, 1.82) is 0 Å². The first-order valence-electron chi connectivity index (χ1n) is 14.1. The van der Waals surface area contributed by atoms with Crippen molar-refractivity contribution in [2.75, 3.05) is 36.9 Å². The van der Waals surface area contributed by atoms with Gasteiger partial charge in [0.1, 0.15) is 10.8 Å². The van der Waals surface area contributed by atoms with Gasteiger partial charge in [0, 0.05) is 41.6 Å². The molecule has 4 aromatic rings. The number of benzene rings is 1. The average Bonchev–Trinajstić information content (AvgIpc) is 3.71. The number of aryl methyl sites for hydroxylation is 1. The van der Waals surface area contributed by atoms with Crippen molar-refractivity contribution in [3.8, 4) is 16.5 Å². The highest BCUT2D eigenvalue weighted by Gasteiger charge is 2.25. The first kappa shape index (κ1) is 27.1. The third-order valence-electron chi connectivity index (χ3n) is 7.31. The molecule has 2 amide bonds. The number of aromatic nitrogens is 3. The summed E-state index contributed by atoms with van der Waals surface area (Å²) in [6, 6.07) is 11.7. The van der Waals surface area contributed by atoms with Gasteiger partial charge in [0.25, 0.3) is 5.91 Å². The fourth-order valence-corrected chi connectivity index (χ4v) is 5.89. The second-order valence-corrected chi connectivity index (χ2v) is 11.5. The van der Waals surface area contributed by atoms with Crippen LogP contribution in [-0.2, 0) is 17.6 Å². The lowest BCUT2D eigenvalue weighted by Gasteiger charge is -2.21. The molecule has 11 heteroatoms. The van der Waals surface area contributed by atoms with E-state index in [1.54, 1.807) is 18.3 Å². The van der Waals surface area contributed by atoms with Crippen molar-refractivity contribution >= 4 is 45.6 Å². The number of rotatable bonds is 12. The van der Waals surface area contributed by atoms with Gasteiger partial charge in [-0.25, -0.2) is 9.97 Å². The van der Waals surface area contributed by atoms with E-state index in [4.69, 9.17) is 15.5 Å². The molecule has 3 heterocycles. The summed E-state index contributed by atoms with van der Waals surface area (Å²) in [7, 11) is 0. The molecule has 10 nitrogen and oxygen atoms in total. The van der Waals surface area contributed by atoms with Gasteiger partial charge in [0.05, 0.1) is 18.7 Å². The van der Waals surface area contributed by atoms with Crippen LogP contribution in [0.1, 0.15) is 46.6 Å². The highest BCUT2D eigenvalue weighted by molar-refractivity contribution is 7.17. The molecule has 0 bridgehead atoms. The number of hydrogen-bond donors (Lipinski definition) is 4. The molecule has 2 aliphatic carbocycles. The SMILES string of the molecule is NC(=O)c1sc(-c2ccnc(NC(=O)CNCCNc3c4c(nc5ccccc35)CCCC4)c2)nc1OCC1CC1. The zero-order chi connectivity index (χ0) is 28.2. The van der Waals surface area contributed by atoms with Crippen LogP contribution in [-0.4, -0.2) is 53.0 Å². The van der Waals surface area contributed by atoms with Gasteiger partial charge < -0.3 is 26.4 Å². The van der Waals surface area contributed by atoms with Crippen LogP contribution in [0.15, 0.2) is 42.6 Å². The number of thiazole rings is 1. The lowest BCUT2D eigenvalue weighted by molar-refractivity contribution is -0.115. The number of nitrogens with zero attached hydrogens (tertiary/aromatic N) is 3. The van der Waals surface area contributed by atoms with Gasteiger partial charge in [-0.3, -0.25) is 14.6 Å². The molecule has 0 unspecified atom stereocenters. The number of primary amides is 1. The Kier molecular flexibility index (Phi) is 8.06. The summed E-state index contributed by atoms with van der Waals surface area (Å²) in [5, 5.41) is 11.4. The van der Waals surface area contributed by atoms with E-state index < -0.39 is 5.91 Å². The Balaban J connectivity index is 1.03. The van der Waals surface area contributed by atoms with Crippen LogP contribution in [0.25, 0.3) is 21.5 Å². The van der Waals surface area contributed by atoms with Crippen LogP contribution in [0, 0.1) is 5.92 Å². The smallest absolute Gasteiger partial charge is 0.264 e. The Morgan fingerprint density at radius 2 is 1.93 bits per heavy atom. The predicted octanol–water partition coefficient (Wildman–Crippen LogP) is 4.16. The van der Waals surface area contributed by atoms with Crippen LogP contribution in [0.2, 0.25) is 0 Å². The van der Waals surface area contributed by atoms with E-state index >= 15 is 0 Å². The van der Waals surface area contributed by atoms with Gasteiger partial charge in [-0.15, -0.1) is 11.3 Å². The molecule has 0 saturated heterocycles. The maximum atomic E-state index is 12.6. The standard InChI is InChI=1S/C30H33N7O3S/c31-28(39)27-29(40-17-18-9-10-18)37-30(41-27)19-11-12-33-24(15-19)36-25(38)16-32-13-14-34-26-20-5-1-3-7-22(20)35-23-8-4-2-6-21(23)26/h1,3,5,7,11-12,15,18,32H,2,4,6,8-10,13-14,16-17H2,(H2,31,39)(H,34,35)(H,33,36,38). The summed E-state index contributed by atoms with van der Waals surface area (Å²) in [6.07, 6.45) is 8.28. The van der Waals surface area contributed by atoms with Gasteiger partial charge in [-0.2, -0.15) is 0 Å². The quantitative estimate of drug-likeness (QED) is 0.186. The molecule has 2 aliphatic rings. The summed E-state index contributed by atoms with van der Waals surface area (Å²) < 4.78 is 5.76. The molecule has 6 rings (SSSR count). The molecule has 0 radical (unpaired) electrons. The fraction of sp³-hybridized carbons (Fsp3) is 0.367. The largest absolute Gasteiger partial charge is 0.476 e. The topological polar surface area (TPSA) is 144 Å². The van der Waals surface area contributed by atoms with E-state index in [-0.39, 0.29) is 18.3 Å². The molecule has 0 atom stereocenters. The number of nitrogens with one attached hydrogen (secondary N) is 3. The van der Waals surface area contributed by atoms with Gasteiger partial charge in [0.15, 0.2) is 4.88 Å². The third-order valence-corrected chi connectivity index (χ3v) is 8.41. The lowest BCUT2D eigenvalue weighted by Crippen LogP contribution is -2.31. The van der Waals surface area contributed by atoms with Gasteiger partial charge in [0.2, 0.25) is 11.8 Å². The molecule has 1 aromatic carbocycles. The van der Waals surface area contributed by atoms with E-state index in [1.165, 1.54) is 41.1 Å². The number of amides is 2. The molecular weight excluding hydrogens is 538 g/mol. The minimum Gasteiger partial charge on any atom is -0.476 e. The van der Waals surface area contributed by atoms with Gasteiger partial charge >= 0.3 is 0 Å². The van der Waals surface area contributed by atoms with Crippen molar-refractivity contribution in [2.45, 2.75) is 38.5 Å². The Labute approximate surface area is 242 Å². The highest BCUT2D eigenvalue weighted by atomic mass is 32.1. The Morgan fingerprint density at radius 1 is 1.07 bits per heavy atom. The van der Waals surface area contributed by atoms with Crippen LogP contribution in [0.4, 0.5) is 11.5 Å². The zero-order valence-corrected chi connectivity index (χ0v) is 23.6. The molecule has 1 saturated carbocycles. The zero-order valence-electron chi connectivity index (χ0n) is 22.7. The fourth-order valence-electron chi connectivity index (χ4n) is 5.04. The summed E-state index contributed by atoms with van der Waals surface area (Å²) in [5.41, 5.74) is 11.0. The summed E-state index contributed by atoms with van der Waals surface area (Å²) in [4.78, 5) is 38.5. The predicted molar refractivity (Wildman–Crippen MR) is 160 cm³/mol.